The summed E-state index contributed by atoms with van der Waals surface area (Å²) in [6.07, 6.45) is 1.19. The third-order valence-electron chi connectivity index (χ3n) is 4.28. The molecule has 2 atom stereocenters. The fourth-order valence-electron chi connectivity index (χ4n) is 3.46. The first-order chi connectivity index (χ1) is 10.4. The van der Waals surface area contributed by atoms with Gasteiger partial charge in [-0.05, 0) is 37.7 Å². The van der Waals surface area contributed by atoms with Crippen molar-refractivity contribution >= 4 is 33.3 Å². The van der Waals surface area contributed by atoms with Crippen molar-refractivity contribution in [2.75, 3.05) is 18.8 Å². The Kier molecular flexibility index (Phi) is 3.80. The number of nitrogen functional groups attached to an aromatic ring is 1. The molecule has 0 bridgehead atoms. The summed E-state index contributed by atoms with van der Waals surface area (Å²) in [5.74, 6) is 2.32. The van der Waals surface area contributed by atoms with E-state index in [0.29, 0.717) is 23.5 Å². The molecule has 6 heteroatoms. The van der Waals surface area contributed by atoms with E-state index in [9.17, 15) is 4.79 Å². The van der Waals surface area contributed by atoms with Crippen LogP contribution in [-0.2, 0) is 0 Å². The average Bonchev–Trinajstić information content (AvgIpc) is 2.73. The van der Waals surface area contributed by atoms with E-state index < -0.39 is 0 Å². The first-order valence-electron chi connectivity index (χ1n) is 7.69. The molecule has 1 saturated heterocycles. The van der Waals surface area contributed by atoms with Crippen LogP contribution in [0.5, 0.6) is 0 Å². The van der Waals surface area contributed by atoms with Crippen LogP contribution in [-0.4, -0.2) is 33.9 Å². The van der Waals surface area contributed by atoms with Crippen LogP contribution in [0.1, 0.15) is 41.3 Å². The second kappa shape index (κ2) is 5.50. The predicted octanol–water partition coefficient (Wildman–Crippen LogP) is 3.01. The number of aromatic nitrogens is 2. The quantitative estimate of drug-likeness (QED) is 0.877. The van der Waals surface area contributed by atoms with Gasteiger partial charge in [0.15, 0.2) is 0 Å². The molecule has 0 spiro atoms. The number of thiophene rings is 1. The molecule has 1 aliphatic heterocycles. The number of likely N-dealkylation sites (tertiary alicyclic amines) is 1. The lowest BCUT2D eigenvalue weighted by atomic mass is 9.92. The fourth-order valence-corrected chi connectivity index (χ4v) is 4.66. The molecule has 3 rings (SSSR count). The Morgan fingerprint density at radius 2 is 1.86 bits per heavy atom. The number of carbonyl (C=O) groups excluding carboxylic acids is 1. The van der Waals surface area contributed by atoms with Crippen molar-refractivity contribution in [2.45, 2.75) is 34.1 Å². The summed E-state index contributed by atoms with van der Waals surface area (Å²) in [6.45, 7) is 9.84. The second-order valence-electron chi connectivity index (χ2n) is 6.55. The van der Waals surface area contributed by atoms with E-state index in [2.05, 4.69) is 23.8 Å². The van der Waals surface area contributed by atoms with Crippen LogP contribution in [0.25, 0.3) is 10.2 Å². The minimum absolute atomic E-state index is 0.107. The molecule has 3 heterocycles. The van der Waals surface area contributed by atoms with Crippen molar-refractivity contribution in [1.29, 1.82) is 0 Å². The Morgan fingerprint density at radius 1 is 1.23 bits per heavy atom. The van der Waals surface area contributed by atoms with Gasteiger partial charge in [-0.3, -0.25) is 4.79 Å². The van der Waals surface area contributed by atoms with Crippen LogP contribution in [0.4, 0.5) is 5.82 Å². The van der Waals surface area contributed by atoms with Gasteiger partial charge < -0.3 is 10.6 Å². The zero-order valence-electron chi connectivity index (χ0n) is 13.5. The fraction of sp³-hybridized carbons (Fsp3) is 0.562. The summed E-state index contributed by atoms with van der Waals surface area (Å²) < 4.78 is 0. The van der Waals surface area contributed by atoms with Crippen LogP contribution >= 0.6 is 11.3 Å². The summed E-state index contributed by atoms with van der Waals surface area (Å²) in [7, 11) is 0. The molecule has 2 aromatic heterocycles. The maximum absolute atomic E-state index is 12.9. The second-order valence-corrected chi connectivity index (χ2v) is 7.55. The number of nitrogens with two attached hydrogens (primary N) is 1. The Hall–Kier alpha value is -1.69. The van der Waals surface area contributed by atoms with Gasteiger partial charge in [-0.15, -0.1) is 11.3 Å². The van der Waals surface area contributed by atoms with Crippen molar-refractivity contribution in [3.63, 3.8) is 0 Å². The normalized spacial score (nSPS) is 22.3. The zero-order valence-corrected chi connectivity index (χ0v) is 14.3. The van der Waals surface area contributed by atoms with Gasteiger partial charge in [0.05, 0.1) is 10.3 Å². The van der Waals surface area contributed by atoms with Gasteiger partial charge in [0, 0.05) is 13.1 Å². The highest BCUT2D eigenvalue weighted by molar-refractivity contribution is 7.20. The van der Waals surface area contributed by atoms with E-state index in [4.69, 9.17) is 5.73 Å². The Labute approximate surface area is 134 Å². The lowest BCUT2D eigenvalue weighted by Crippen LogP contribution is -2.42. The number of fused-ring (bicyclic) bond motifs is 1. The van der Waals surface area contributed by atoms with Crippen molar-refractivity contribution in [1.82, 2.24) is 14.9 Å². The van der Waals surface area contributed by atoms with Gasteiger partial charge in [0.25, 0.3) is 5.91 Å². The maximum atomic E-state index is 12.9. The number of aryl methyl sites for hydroxylation is 2. The first kappa shape index (κ1) is 15.2. The molecule has 0 aliphatic carbocycles. The molecular formula is C16H22N4OS. The molecule has 1 aliphatic rings. The Balaban J connectivity index is 2.01. The summed E-state index contributed by atoms with van der Waals surface area (Å²) in [6, 6.07) is 0. The highest BCUT2D eigenvalue weighted by atomic mass is 32.1. The number of amides is 1. The standard InChI is InChI=1S/C16H22N4OS/c1-8-5-9(2)7-20(6-8)16(21)13-10(3)12-14(17)18-11(4)19-15(12)22-13/h8-9H,5-7H2,1-4H3,(H2,17,18,19). The van der Waals surface area contributed by atoms with Gasteiger partial charge in [-0.1, -0.05) is 13.8 Å². The molecule has 118 valence electrons. The first-order valence-corrected chi connectivity index (χ1v) is 8.51. The van der Waals surface area contributed by atoms with Gasteiger partial charge in [-0.25, -0.2) is 9.97 Å². The predicted molar refractivity (Wildman–Crippen MR) is 90.1 cm³/mol. The molecule has 2 unspecified atom stereocenters. The highest BCUT2D eigenvalue weighted by Gasteiger charge is 2.29. The van der Waals surface area contributed by atoms with E-state index in [1.54, 1.807) is 0 Å². The van der Waals surface area contributed by atoms with Crippen LogP contribution in [0, 0.1) is 25.7 Å². The Bertz CT molecular complexity index is 729. The third-order valence-corrected chi connectivity index (χ3v) is 5.45. The van der Waals surface area contributed by atoms with E-state index in [1.807, 2.05) is 18.7 Å². The summed E-state index contributed by atoms with van der Waals surface area (Å²) >= 11 is 1.43. The number of rotatable bonds is 1. The van der Waals surface area contributed by atoms with E-state index in [0.717, 1.165) is 33.7 Å². The number of carbonyl (C=O) groups is 1. The topological polar surface area (TPSA) is 72.1 Å². The smallest absolute Gasteiger partial charge is 0.264 e. The van der Waals surface area contributed by atoms with Gasteiger partial charge in [0.1, 0.15) is 16.5 Å². The SMILES string of the molecule is Cc1nc(N)c2c(C)c(C(=O)N3CC(C)CC(C)C3)sc2n1. The summed E-state index contributed by atoms with van der Waals surface area (Å²) in [5.41, 5.74) is 6.94. The van der Waals surface area contributed by atoms with Gasteiger partial charge in [0.2, 0.25) is 0 Å². The lowest BCUT2D eigenvalue weighted by molar-refractivity contribution is 0.0627. The molecule has 1 amide bonds. The molecule has 22 heavy (non-hydrogen) atoms. The molecule has 5 nitrogen and oxygen atoms in total. The van der Waals surface area contributed by atoms with Crippen molar-refractivity contribution in [3.8, 4) is 0 Å². The molecule has 0 aromatic carbocycles. The largest absolute Gasteiger partial charge is 0.383 e. The molecule has 1 fully saturated rings. The van der Waals surface area contributed by atoms with Gasteiger partial charge in [-0.2, -0.15) is 0 Å². The minimum atomic E-state index is 0.107. The lowest BCUT2D eigenvalue weighted by Gasteiger charge is -2.34. The number of piperidine rings is 1. The zero-order chi connectivity index (χ0) is 16.0. The van der Waals surface area contributed by atoms with Crippen LogP contribution in [0.2, 0.25) is 0 Å². The number of hydrogen-bond donors (Lipinski definition) is 1. The highest BCUT2D eigenvalue weighted by Crippen LogP contribution is 2.34. The van der Waals surface area contributed by atoms with Crippen molar-refractivity contribution in [3.05, 3.63) is 16.3 Å². The summed E-state index contributed by atoms with van der Waals surface area (Å²) in [5, 5.41) is 0.831. The molecule has 2 N–H and O–H groups in total. The van der Waals surface area contributed by atoms with Gasteiger partial charge >= 0.3 is 0 Å². The Morgan fingerprint density at radius 3 is 2.50 bits per heavy atom. The number of nitrogens with zero attached hydrogens (tertiary/aromatic N) is 3. The van der Waals surface area contributed by atoms with E-state index in [-0.39, 0.29) is 5.91 Å². The summed E-state index contributed by atoms with van der Waals surface area (Å²) in [4.78, 5) is 25.1. The molecule has 0 radical (unpaired) electrons. The molecular weight excluding hydrogens is 296 g/mol. The average molecular weight is 318 g/mol. The maximum Gasteiger partial charge on any atom is 0.264 e. The monoisotopic (exact) mass is 318 g/mol. The van der Waals surface area contributed by atoms with E-state index >= 15 is 0 Å². The van der Waals surface area contributed by atoms with Crippen LogP contribution in [0.15, 0.2) is 0 Å². The molecule has 0 saturated carbocycles. The number of hydrogen-bond acceptors (Lipinski definition) is 5. The third kappa shape index (κ3) is 2.56. The molecule has 2 aromatic rings. The van der Waals surface area contributed by atoms with Crippen LogP contribution < -0.4 is 5.73 Å². The van der Waals surface area contributed by atoms with Crippen molar-refractivity contribution < 1.29 is 4.79 Å². The van der Waals surface area contributed by atoms with E-state index in [1.165, 1.54) is 17.8 Å². The van der Waals surface area contributed by atoms with Crippen molar-refractivity contribution in [2.24, 2.45) is 11.8 Å². The number of anilines is 1. The minimum Gasteiger partial charge on any atom is -0.383 e. The van der Waals surface area contributed by atoms with Crippen LogP contribution in [0.3, 0.4) is 0 Å².